The van der Waals surface area contributed by atoms with Gasteiger partial charge in [0.2, 0.25) is 4.77 Å². The highest BCUT2D eigenvalue weighted by Crippen LogP contribution is 2.27. The molecular formula is C9H6Cl2N4S2. The maximum absolute atomic E-state index is 5.92. The van der Waals surface area contributed by atoms with Gasteiger partial charge in [0.15, 0.2) is 4.64 Å². The average Bonchev–Trinajstić information content (AvgIpc) is 2.30. The van der Waals surface area contributed by atoms with Crippen molar-refractivity contribution in [3.8, 4) is 11.3 Å². The molecule has 3 N–H and O–H groups in total. The first kappa shape index (κ1) is 12.5. The molecule has 2 rings (SSSR count). The predicted molar refractivity (Wildman–Crippen MR) is 73.9 cm³/mol. The molecule has 0 radical (unpaired) electrons. The molecular weight excluding hydrogens is 299 g/mol. The third-order valence-corrected chi connectivity index (χ3v) is 3.51. The van der Waals surface area contributed by atoms with E-state index in [1.165, 1.54) is 4.68 Å². The zero-order chi connectivity index (χ0) is 12.6. The minimum atomic E-state index is 0.249. The second kappa shape index (κ2) is 4.73. The number of nitrogens with two attached hydrogens (primary N) is 1. The third kappa shape index (κ3) is 2.35. The van der Waals surface area contributed by atoms with Crippen LogP contribution in [0, 0.1) is 9.41 Å². The standard InChI is InChI=1S/C9H6Cl2N4S2/c10-5-2-1-4(3-6(5)11)7-8(16)15(12)9(17)14-13-7/h1-3H,12H2,(H,14,17). The fraction of sp³-hybridized carbons (Fsp3) is 0. The molecule has 0 aliphatic rings. The zero-order valence-corrected chi connectivity index (χ0v) is 11.4. The molecule has 17 heavy (non-hydrogen) atoms. The van der Waals surface area contributed by atoms with Gasteiger partial charge in [-0.05, 0) is 24.4 Å². The van der Waals surface area contributed by atoms with Crippen molar-refractivity contribution >= 4 is 47.6 Å². The lowest BCUT2D eigenvalue weighted by molar-refractivity contribution is 0.827. The Labute approximate surface area is 117 Å². The summed E-state index contributed by atoms with van der Waals surface area (Å²) in [6, 6.07) is 5.08. The Morgan fingerprint density at radius 1 is 1.24 bits per heavy atom. The van der Waals surface area contributed by atoms with Crippen molar-refractivity contribution in [2.45, 2.75) is 0 Å². The highest BCUT2D eigenvalue weighted by molar-refractivity contribution is 7.72. The number of rotatable bonds is 1. The maximum Gasteiger partial charge on any atom is 0.213 e. The van der Waals surface area contributed by atoms with Gasteiger partial charge in [-0.15, -0.1) is 0 Å². The number of H-pyrrole nitrogens is 1. The lowest BCUT2D eigenvalue weighted by Gasteiger charge is -2.05. The number of halogens is 2. The van der Waals surface area contributed by atoms with E-state index in [-0.39, 0.29) is 4.77 Å². The summed E-state index contributed by atoms with van der Waals surface area (Å²) in [6.45, 7) is 0. The fourth-order valence-corrected chi connectivity index (χ4v) is 1.99. The van der Waals surface area contributed by atoms with Crippen LogP contribution in [-0.2, 0) is 0 Å². The molecule has 0 bridgehead atoms. The molecule has 0 spiro atoms. The molecule has 0 saturated heterocycles. The van der Waals surface area contributed by atoms with Crippen LogP contribution >= 0.6 is 47.6 Å². The first-order chi connectivity index (χ1) is 8.00. The Kier molecular flexibility index (Phi) is 3.48. The van der Waals surface area contributed by atoms with Crippen molar-refractivity contribution in [3.05, 3.63) is 37.7 Å². The summed E-state index contributed by atoms with van der Waals surface area (Å²) in [5.41, 5.74) is 1.21. The van der Waals surface area contributed by atoms with Crippen molar-refractivity contribution in [2.24, 2.45) is 0 Å². The van der Waals surface area contributed by atoms with Gasteiger partial charge in [0, 0.05) is 5.56 Å². The van der Waals surface area contributed by atoms with E-state index in [1.54, 1.807) is 18.2 Å². The van der Waals surface area contributed by atoms with E-state index in [0.717, 1.165) is 5.56 Å². The molecule has 8 heteroatoms. The number of nitrogen functional groups attached to an aromatic ring is 1. The molecule has 1 aromatic heterocycles. The van der Waals surface area contributed by atoms with E-state index in [2.05, 4.69) is 10.2 Å². The Morgan fingerprint density at radius 3 is 2.59 bits per heavy atom. The molecule has 0 aliphatic carbocycles. The molecule has 2 aromatic rings. The van der Waals surface area contributed by atoms with Crippen molar-refractivity contribution in [1.29, 1.82) is 0 Å². The van der Waals surface area contributed by atoms with Gasteiger partial charge in [0.05, 0.1) is 10.0 Å². The van der Waals surface area contributed by atoms with Crippen LogP contribution < -0.4 is 5.84 Å². The normalized spacial score (nSPS) is 10.5. The second-order valence-corrected chi connectivity index (χ2v) is 4.77. The molecule has 0 unspecified atom stereocenters. The maximum atomic E-state index is 5.92. The highest BCUT2D eigenvalue weighted by atomic mass is 35.5. The first-order valence-corrected chi connectivity index (χ1v) is 6.00. The van der Waals surface area contributed by atoms with Crippen LogP contribution in [0.2, 0.25) is 10.0 Å². The number of nitrogens with zero attached hydrogens (tertiary/aromatic N) is 2. The van der Waals surface area contributed by atoms with Gasteiger partial charge in [0.1, 0.15) is 5.69 Å². The lowest BCUT2D eigenvalue weighted by atomic mass is 10.2. The molecule has 0 saturated carbocycles. The van der Waals surface area contributed by atoms with Crippen LogP contribution in [-0.4, -0.2) is 14.9 Å². The summed E-state index contributed by atoms with van der Waals surface area (Å²) < 4.78 is 1.75. The summed E-state index contributed by atoms with van der Waals surface area (Å²) in [6.07, 6.45) is 0. The zero-order valence-electron chi connectivity index (χ0n) is 8.28. The summed E-state index contributed by atoms with van der Waals surface area (Å²) in [5.74, 6) is 5.67. The topological polar surface area (TPSA) is 59.6 Å². The van der Waals surface area contributed by atoms with Crippen LogP contribution in [0.15, 0.2) is 18.2 Å². The number of aromatic nitrogens is 3. The average molecular weight is 305 g/mol. The minimum absolute atomic E-state index is 0.249. The van der Waals surface area contributed by atoms with E-state index >= 15 is 0 Å². The number of aromatic amines is 1. The van der Waals surface area contributed by atoms with Crippen LogP contribution in [0.4, 0.5) is 0 Å². The van der Waals surface area contributed by atoms with Crippen LogP contribution in [0.1, 0.15) is 0 Å². The van der Waals surface area contributed by atoms with Gasteiger partial charge >= 0.3 is 0 Å². The summed E-state index contributed by atoms with van der Waals surface area (Å²) in [4.78, 5) is 0. The summed E-state index contributed by atoms with van der Waals surface area (Å²) in [7, 11) is 0. The smallest absolute Gasteiger partial charge is 0.213 e. The third-order valence-electron chi connectivity index (χ3n) is 2.10. The second-order valence-electron chi connectivity index (χ2n) is 3.18. The Bertz CT molecular complexity index is 692. The highest BCUT2D eigenvalue weighted by Gasteiger charge is 2.07. The van der Waals surface area contributed by atoms with Gasteiger partial charge in [0.25, 0.3) is 0 Å². The molecule has 0 aliphatic heterocycles. The largest absolute Gasteiger partial charge is 0.336 e. The van der Waals surface area contributed by atoms with E-state index in [0.29, 0.717) is 20.4 Å². The van der Waals surface area contributed by atoms with Crippen molar-refractivity contribution in [3.63, 3.8) is 0 Å². The Balaban J connectivity index is 2.69. The quantitative estimate of drug-likeness (QED) is 0.626. The molecule has 1 heterocycles. The summed E-state index contributed by atoms with van der Waals surface area (Å²) in [5, 5.41) is 7.53. The van der Waals surface area contributed by atoms with Gasteiger partial charge in [-0.25, -0.2) is 4.68 Å². The van der Waals surface area contributed by atoms with Gasteiger partial charge in [-0.1, -0.05) is 41.5 Å². The predicted octanol–water partition coefficient (Wildman–Crippen LogP) is 3.36. The minimum Gasteiger partial charge on any atom is -0.336 e. The molecule has 0 atom stereocenters. The molecule has 88 valence electrons. The van der Waals surface area contributed by atoms with Crippen molar-refractivity contribution in [2.75, 3.05) is 5.84 Å². The van der Waals surface area contributed by atoms with Crippen LogP contribution in [0.25, 0.3) is 11.3 Å². The van der Waals surface area contributed by atoms with Crippen LogP contribution in [0.5, 0.6) is 0 Å². The molecule has 0 amide bonds. The fourth-order valence-electron chi connectivity index (χ4n) is 1.24. The number of nitrogens with one attached hydrogen (secondary N) is 1. The number of benzene rings is 1. The first-order valence-electron chi connectivity index (χ1n) is 4.43. The van der Waals surface area contributed by atoms with E-state index in [9.17, 15) is 0 Å². The van der Waals surface area contributed by atoms with Crippen molar-refractivity contribution in [1.82, 2.24) is 14.9 Å². The van der Waals surface area contributed by atoms with E-state index < -0.39 is 0 Å². The monoisotopic (exact) mass is 304 g/mol. The van der Waals surface area contributed by atoms with Crippen molar-refractivity contribution < 1.29 is 0 Å². The van der Waals surface area contributed by atoms with Crippen LogP contribution in [0.3, 0.4) is 0 Å². The SMILES string of the molecule is Nn1c(=S)[nH]nc(-c2ccc(Cl)c(Cl)c2)c1=S. The summed E-state index contributed by atoms with van der Waals surface area (Å²) >= 11 is 21.8. The van der Waals surface area contributed by atoms with Gasteiger partial charge in [-0.3, -0.25) is 5.10 Å². The van der Waals surface area contributed by atoms with Gasteiger partial charge in [-0.2, -0.15) is 5.10 Å². The Hall–Kier alpha value is -0.950. The van der Waals surface area contributed by atoms with E-state index in [1.807, 2.05) is 0 Å². The Morgan fingerprint density at radius 2 is 1.94 bits per heavy atom. The molecule has 4 nitrogen and oxygen atoms in total. The van der Waals surface area contributed by atoms with Gasteiger partial charge < -0.3 is 5.84 Å². The number of hydrogen-bond acceptors (Lipinski definition) is 4. The number of hydrogen-bond donors (Lipinski definition) is 2. The molecule has 0 fully saturated rings. The molecule has 1 aromatic carbocycles. The lowest BCUT2D eigenvalue weighted by Crippen LogP contribution is -2.14. The van der Waals surface area contributed by atoms with E-state index in [4.69, 9.17) is 53.5 Å².